The fraction of sp³-hybridized carbons (Fsp3) is 0.278. The number of sulfonamides is 1. The molecular formula is C18H14ClF4N5O3S2. The Labute approximate surface area is 193 Å². The first kappa shape index (κ1) is 23.4. The van der Waals surface area contributed by atoms with Gasteiger partial charge in [0.1, 0.15) is 11.4 Å². The van der Waals surface area contributed by atoms with E-state index in [0.29, 0.717) is 21.9 Å². The molecule has 3 heterocycles. The molecule has 8 nitrogen and oxygen atoms in total. The highest BCUT2D eigenvalue weighted by atomic mass is 35.5. The number of thiophene rings is 1. The number of alkyl halides is 3. The number of hydrogen-bond acceptors (Lipinski definition) is 8. The molecule has 2 N–H and O–H groups in total. The first-order valence-corrected chi connectivity index (χ1v) is 11.8. The zero-order valence-electron chi connectivity index (χ0n) is 16.8. The van der Waals surface area contributed by atoms with Gasteiger partial charge in [-0.3, -0.25) is 0 Å². The van der Waals surface area contributed by atoms with E-state index in [4.69, 9.17) is 21.8 Å². The van der Waals surface area contributed by atoms with E-state index in [0.717, 1.165) is 21.7 Å². The van der Waals surface area contributed by atoms with Crippen LogP contribution < -0.4 is 5.73 Å². The van der Waals surface area contributed by atoms with Gasteiger partial charge in [-0.25, -0.2) is 22.1 Å². The third kappa shape index (κ3) is 4.17. The summed E-state index contributed by atoms with van der Waals surface area (Å²) in [6.45, 7) is 1.57. The third-order valence-corrected chi connectivity index (χ3v) is 8.63. The highest BCUT2D eigenvalue weighted by Crippen LogP contribution is 2.44. The Bertz CT molecular complexity index is 1390. The van der Waals surface area contributed by atoms with E-state index < -0.39 is 33.1 Å². The predicted octanol–water partition coefficient (Wildman–Crippen LogP) is 4.08. The number of guanidine groups is 1. The van der Waals surface area contributed by atoms with Crippen LogP contribution in [0.1, 0.15) is 17.4 Å². The number of aromatic nitrogens is 2. The second-order valence-electron chi connectivity index (χ2n) is 7.36. The minimum atomic E-state index is -4.84. The van der Waals surface area contributed by atoms with E-state index >= 15 is 0 Å². The lowest BCUT2D eigenvalue weighted by Gasteiger charge is -2.33. The van der Waals surface area contributed by atoms with Gasteiger partial charge < -0.3 is 10.2 Å². The van der Waals surface area contributed by atoms with Crippen molar-refractivity contribution in [3.63, 3.8) is 0 Å². The van der Waals surface area contributed by atoms with Crippen molar-refractivity contribution in [2.75, 3.05) is 12.8 Å². The molecule has 0 unspecified atom stereocenters. The Morgan fingerprint density at radius 3 is 2.52 bits per heavy atom. The fourth-order valence-corrected chi connectivity index (χ4v) is 6.31. The zero-order chi connectivity index (χ0) is 24.3. The smallest absolute Gasteiger partial charge is 0.415 e. The van der Waals surface area contributed by atoms with Gasteiger partial charge in [-0.05, 0) is 31.2 Å². The minimum Gasteiger partial charge on any atom is -0.415 e. The number of aliphatic imine (C=N–C) groups is 1. The Morgan fingerprint density at radius 2 is 1.91 bits per heavy atom. The summed E-state index contributed by atoms with van der Waals surface area (Å²) in [5.41, 5.74) is 3.04. The van der Waals surface area contributed by atoms with Crippen molar-refractivity contribution in [1.82, 2.24) is 14.5 Å². The van der Waals surface area contributed by atoms with E-state index in [9.17, 15) is 26.0 Å². The molecule has 33 heavy (non-hydrogen) atoms. The Morgan fingerprint density at radius 1 is 1.24 bits per heavy atom. The van der Waals surface area contributed by atoms with Gasteiger partial charge in [0.15, 0.2) is 0 Å². The van der Waals surface area contributed by atoms with Crippen LogP contribution in [-0.4, -0.2) is 41.7 Å². The highest BCUT2D eigenvalue weighted by molar-refractivity contribution is 7.89. The second kappa shape index (κ2) is 7.67. The van der Waals surface area contributed by atoms with Crippen LogP contribution in [0.4, 0.5) is 17.6 Å². The molecule has 0 spiro atoms. The van der Waals surface area contributed by atoms with Gasteiger partial charge in [0.25, 0.3) is 5.89 Å². The summed E-state index contributed by atoms with van der Waals surface area (Å²) in [5, 5.41) is 7.79. The lowest BCUT2D eigenvalue weighted by Crippen LogP contribution is -2.50. The lowest BCUT2D eigenvalue weighted by molar-refractivity contribution is -0.139. The van der Waals surface area contributed by atoms with Crippen LogP contribution in [0, 0.1) is 5.82 Å². The van der Waals surface area contributed by atoms with Crippen LogP contribution in [0.15, 0.2) is 33.7 Å². The number of benzene rings is 1. The number of rotatable bonds is 3. The average Bonchev–Trinajstić information content (AvgIpc) is 3.32. The van der Waals surface area contributed by atoms with Crippen molar-refractivity contribution in [2.24, 2.45) is 10.7 Å². The van der Waals surface area contributed by atoms with Gasteiger partial charge in [-0.15, -0.1) is 21.5 Å². The molecule has 0 radical (unpaired) electrons. The van der Waals surface area contributed by atoms with Gasteiger partial charge in [-0.1, -0.05) is 11.6 Å². The summed E-state index contributed by atoms with van der Waals surface area (Å²) < 4.78 is 83.4. The van der Waals surface area contributed by atoms with Gasteiger partial charge >= 0.3 is 6.18 Å². The molecule has 0 bridgehead atoms. The molecule has 2 aromatic heterocycles. The standard InChI is InChI=1S/C18H14ClF4N5O3S2/c1-17(7-33(29,30)28(2)16(24)25-17)13-10(19)6-12(32-13)15-27-26-14(31-15)8-3-4-9(11(20)5-8)18(21,22)23/h3-6H,7H2,1-2H3,(H2,24,25)/t17-/m0/s1. The second-order valence-corrected chi connectivity index (χ2v) is 10.8. The number of halogens is 5. The summed E-state index contributed by atoms with van der Waals surface area (Å²) in [7, 11) is -2.44. The van der Waals surface area contributed by atoms with Gasteiger partial charge in [0.05, 0.1) is 26.1 Å². The Balaban J connectivity index is 1.69. The average molecular weight is 524 g/mol. The summed E-state index contributed by atoms with van der Waals surface area (Å²) in [4.78, 5) is 5.03. The number of nitrogens with two attached hydrogens (primary N) is 1. The molecule has 0 saturated carbocycles. The summed E-state index contributed by atoms with van der Waals surface area (Å²) in [5.74, 6) is -2.30. The van der Waals surface area contributed by atoms with Crippen LogP contribution in [0.3, 0.4) is 0 Å². The molecule has 1 aliphatic heterocycles. The lowest BCUT2D eigenvalue weighted by atomic mass is 10.0. The van der Waals surface area contributed by atoms with Gasteiger partial charge in [-0.2, -0.15) is 13.2 Å². The van der Waals surface area contributed by atoms with Crippen molar-refractivity contribution < 1.29 is 30.4 Å². The quantitative estimate of drug-likeness (QED) is 0.517. The molecule has 176 valence electrons. The summed E-state index contributed by atoms with van der Waals surface area (Å²) in [6, 6.07) is 3.71. The topological polar surface area (TPSA) is 115 Å². The van der Waals surface area contributed by atoms with E-state index in [-0.39, 0.29) is 34.1 Å². The molecule has 15 heteroatoms. The molecular weight excluding hydrogens is 510 g/mol. The largest absolute Gasteiger partial charge is 0.419 e. The summed E-state index contributed by atoms with van der Waals surface area (Å²) >= 11 is 7.39. The molecule has 4 rings (SSSR count). The van der Waals surface area contributed by atoms with Crippen LogP contribution in [0.5, 0.6) is 0 Å². The van der Waals surface area contributed by atoms with Gasteiger partial charge in [0, 0.05) is 12.6 Å². The van der Waals surface area contributed by atoms with Crippen LogP contribution in [-0.2, 0) is 21.7 Å². The SMILES string of the molecule is CN1C(N)=N[C@](C)(c2sc(-c3nnc(-c4ccc(C(F)(F)F)c(F)c4)o3)cc2Cl)CS1(=O)=O. The molecule has 1 aromatic carbocycles. The maximum Gasteiger partial charge on any atom is 0.419 e. The van der Waals surface area contributed by atoms with Gasteiger partial charge in [0.2, 0.25) is 21.9 Å². The number of hydrogen-bond donors (Lipinski definition) is 1. The molecule has 0 aliphatic carbocycles. The molecule has 1 aliphatic rings. The maximum atomic E-state index is 13.9. The molecule has 1 atom stereocenters. The predicted molar refractivity (Wildman–Crippen MR) is 114 cm³/mol. The van der Waals surface area contributed by atoms with Crippen molar-refractivity contribution >= 4 is 38.9 Å². The molecule has 0 fully saturated rings. The van der Waals surface area contributed by atoms with Crippen LogP contribution in [0.25, 0.3) is 22.2 Å². The van der Waals surface area contributed by atoms with Crippen molar-refractivity contribution in [3.8, 4) is 22.2 Å². The zero-order valence-corrected chi connectivity index (χ0v) is 19.2. The monoisotopic (exact) mass is 523 g/mol. The van der Waals surface area contributed by atoms with Crippen molar-refractivity contribution in [3.05, 3.63) is 45.5 Å². The van der Waals surface area contributed by atoms with Crippen molar-refractivity contribution in [2.45, 2.75) is 18.6 Å². The molecule has 0 saturated heterocycles. The van der Waals surface area contributed by atoms with Crippen LogP contribution in [0.2, 0.25) is 5.02 Å². The van der Waals surface area contributed by atoms with Crippen molar-refractivity contribution in [1.29, 1.82) is 0 Å². The fourth-order valence-electron chi connectivity index (χ4n) is 3.23. The first-order valence-electron chi connectivity index (χ1n) is 9.04. The third-order valence-electron chi connectivity index (χ3n) is 4.90. The maximum absolute atomic E-state index is 13.9. The molecule has 0 amide bonds. The Hall–Kier alpha value is -2.71. The normalized spacial score (nSPS) is 20.7. The van der Waals surface area contributed by atoms with Crippen LogP contribution >= 0.6 is 22.9 Å². The molecule has 3 aromatic rings. The first-order chi connectivity index (χ1) is 15.2. The van der Waals surface area contributed by atoms with E-state index in [2.05, 4.69) is 15.2 Å². The van der Waals surface area contributed by atoms with E-state index in [1.54, 1.807) is 6.92 Å². The Kier molecular flexibility index (Phi) is 5.45. The van der Waals surface area contributed by atoms with E-state index in [1.165, 1.54) is 13.1 Å². The van der Waals surface area contributed by atoms with E-state index in [1.807, 2.05) is 0 Å². The highest BCUT2D eigenvalue weighted by Gasteiger charge is 2.42. The minimum absolute atomic E-state index is 0.0419. The number of nitrogens with zero attached hydrogens (tertiary/aromatic N) is 4. The summed E-state index contributed by atoms with van der Waals surface area (Å²) in [6.07, 6.45) is -4.84.